The van der Waals surface area contributed by atoms with E-state index in [0.717, 1.165) is 33.3 Å². The SMILES string of the molecule is O=C(NCC(c1ccccc1Cl)c1c[nH]c2ccccc12)C1Cc2ccccc2O1. The summed E-state index contributed by atoms with van der Waals surface area (Å²) in [5, 5.41) is 4.91. The lowest BCUT2D eigenvalue weighted by molar-refractivity contribution is -0.127. The molecule has 2 heterocycles. The van der Waals surface area contributed by atoms with Crippen molar-refractivity contribution in [2.24, 2.45) is 0 Å². The Kier molecular flexibility index (Phi) is 4.93. The normalized spacial score (nSPS) is 16.1. The Morgan fingerprint density at radius 2 is 1.80 bits per heavy atom. The van der Waals surface area contributed by atoms with Gasteiger partial charge in [0.15, 0.2) is 6.10 Å². The van der Waals surface area contributed by atoms with Gasteiger partial charge in [-0.3, -0.25) is 4.79 Å². The third-order valence-corrected chi connectivity index (χ3v) is 6.04. The molecule has 2 N–H and O–H groups in total. The van der Waals surface area contributed by atoms with Gasteiger partial charge in [-0.2, -0.15) is 0 Å². The van der Waals surface area contributed by atoms with Crippen LogP contribution in [-0.2, 0) is 11.2 Å². The van der Waals surface area contributed by atoms with E-state index in [1.165, 1.54) is 0 Å². The number of amides is 1. The van der Waals surface area contributed by atoms with E-state index in [4.69, 9.17) is 16.3 Å². The van der Waals surface area contributed by atoms with Crippen molar-refractivity contribution in [1.29, 1.82) is 0 Å². The second-order valence-electron chi connectivity index (χ2n) is 7.53. The van der Waals surface area contributed by atoms with Crippen molar-refractivity contribution in [2.75, 3.05) is 6.54 Å². The van der Waals surface area contributed by atoms with E-state index in [2.05, 4.69) is 16.4 Å². The zero-order valence-corrected chi connectivity index (χ0v) is 17.0. The summed E-state index contributed by atoms with van der Waals surface area (Å²) >= 11 is 6.54. The zero-order chi connectivity index (χ0) is 20.5. The highest BCUT2D eigenvalue weighted by molar-refractivity contribution is 6.31. The molecule has 30 heavy (non-hydrogen) atoms. The number of hydrogen-bond acceptors (Lipinski definition) is 2. The first-order chi connectivity index (χ1) is 14.7. The van der Waals surface area contributed by atoms with Crippen LogP contribution in [0.3, 0.4) is 0 Å². The van der Waals surface area contributed by atoms with Crippen LogP contribution in [0.2, 0.25) is 5.02 Å². The Bertz CT molecular complexity index is 1190. The Morgan fingerprint density at radius 3 is 2.67 bits per heavy atom. The first-order valence-corrected chi connectivity index (χ1v) is 10.4. The summed E-state index contributed by atoms with van der Waals surface area (Å²) in [5.41, 5.74) is 4.22. The molecule has 5 rings (SSSR count). The van der Waals surface area contributed by atoms with E-state index < -0.39 is 6.10 Å². The topological polar surface area (TPSA) is 54.1 Å². The maximum Gasteiger partial charge on any atom is 0.261 e. The van der Waals surface area contributed by atoms with Gasteiger partial charge < -0.3 is 15.0 Å². The van der Waals surface area contributed by atoms with Crippen LogP contribution in [0.4, 0.5) is 0 Å². The summed E-state index contributed by atoms with van der Waals surface area (Å²) in [6, 6.07) is 23.7. The van der Waals surface area contributed by atoms with Gasteiger partial charge in [0, 0.05) is 41.0 Å². The van der Waals surface area contributed by atoms with Gasteiger partial charge in [0.05, 0.1) is 0 Å². The summed E-state index contributed by atoms with van der Waals surface area (Å²) in [5.74, 6) is 0.600. The third-order valence-electron chi connectivity index (χ3n) is 5.70. The van der Waals surface area contributed by atoms with Gasteiger partial charge in [0.25, 0.3) is 5.91 Å². The van der Waals surface area contributed by atoms with E-state index in [9.17, 15) is 4.79 Å². The average Bonchev–Trinajstić information content (AvgIpc) is 3.39. The predicted octanol–water partition coefficient (Wildman–Crippen LogP) is 5.07. The number of aromatic nitrogens is 1. The number of ether oxygens (including phenoxy) is 1. The van der Waals surface area contributed by atoms with Gasteiger partial charge in [-0.1, -0.05) is 66.2 Å². The van der Waals surface area contributed by atoms with Crippen molar-refractivity contribution in [1.82, 2.24) is 10.3 Å². The summed E-state index contributed by atoms with van der Waals surface area (Å²) in [7, 11) is 0. The third kappa shape index (κ3) is 3.44. The van der Waals surface area contributed by atoms with Crippen LogP contribution in [0.25, 0.3) is 10.9 Å². The fourth-order valence-electron chi connectivity index (χ4n) is 4.17. The number of halogens is 1. The minimum absolute atomic E-state index is 0.0809. The van der Waals surface area contributed by atoms with Crippen molar-refractivity contribution < 1.29 is 9.53 Å². The summed E-state index contributed by atoms with van der Waals surface area (Å²) in [6.07, 6.45) is 2.09. The number of para-hydroxylation sites is 2. The lowest BCUT2D eigenvalue weighted by atomic mass is 9.90. The van der Waals surface area contributed by atoms with Crippen molar-refractivity contribution in [3.05, 3.63) is 101 Å². The summed E-state index contributed by atoms with van der Waals surface area (Å²) < 4.78 is 5.85. The maximum absolute atomic E-state index is 12.9. The van der Waals surface area contributed by atoms with Crippen molar-refractivity contribution >= 4 is 28.4 Å². The monoisotopic (exact) mass is 416 g/mol. The molecule has 0 fully saturated rings. The second kappa shape index (κ2) is 7.88. The highest BCUT2D eigenvalue weighted by atomic mass is 35.5. The van der Waals surface area contributed by atoms with Gasteiger partial charge in [0.1, 0.15) is 5.75 Å². The number of H-pyrrole nitrogens is 1. The number of fused-ring (bicyclic) bond motifs is 2. The fourth-order valence-corrected chi connectivity index (χ4v) is 4.44. The quantitative estimate of drug-likeness (QED) is 0.477. The molecule has 0 aliphatic carbocycles. The number of rotatable bonds is 5. The van der Waals surface area contributed by atoms with E-state index in [0.29, 0.717) is 18.0 Å². The molecule has 150 valence electrons. The Morgan fingerprint density at radius 1 is 1.03 bits per heavy atom. The highest BCUT2D eigenvalue weighted by Crippen LogP contribution is 2.34. The van der Waals surface area contributed by atoms with E-state index in [-0.39, 0.29) is 11.8 Å². The van der Waals surface area contributed by atoms with E-state index in [1.54, 1.807) is 0 Å². The van der Waals surface area contributed by atoms with Crippen LogP contribution in [0.5, 0.6) is 5.75 Å². The number of aromatic amines is 1. The first kappa shape index (κ1) is 18.8. The molecule has 5 heteroatoms. The minimum Gasteiger partial charge on any atom is -0.480 e. The fraction of sp³-hybridized carbons (Fsp3) is 0.160. The first-order valence-electron chi connectivity index (χ1n) is 10.0. The van der Waals surface area contributed by atoms with Gasteiger partial charge in [-0.25, -0.2) is 0 Å². The van der Waals surface area contributed by atoms with Crippen molar-refractivity contribution in [2.45, 2.75) is 18.4 Å². The lowest BCUT2D eigenvalue weighted by Crippen LogP contribution is -2.39. The molecular weight excluding hydrogens is 396 g/mol. The molecule has 4 nitrogen and oxygen atoms in total. The van der Waals surface area contributed by atoms with E-state index in [1.807, 2.05) is 72.9 Å². The van der Waals surface area contributed by atoms with E-state index >= 15 is 0 Å². The smallest absolute Gasteiger partial charge is 0.261 e. The average molecular weight is 417 g/mol. The van der Waals surface area contributed by atoms with Gasteiger partial charge >= 0.3 is 0 Å². The molecule has 1 aliphatic heterocycles. The molecular formula is C25H21ClN2O2. The van der Waals surface area contributed by atoms with Crippen molar-refractivity contribution in [3.8, 4) is 5.75 Å². The van der Waals surface area contributed by atoms with Gasteiger partial charge in [-0.15, -0.1) is 0 Å². The molecule has 1 aromatic heterocycles. The number of benzene rings is 3. The second-order valence-corrected chi connectivity index (χ2v) is 7.93. The molecule has 0 bridgehead atoms. The van der Waals surface area contributed by atoms with Crippen LogP contribution in [-0.4, -0.2) is 23.5 Å². The summed E-state index contributed by atoms with van der Waals surface area (Å²) in [6.45, 7) is 0.431. The number of carbonyl (C=O) groups is 1. The largest absolute Gasteiger partial charge is 0.480 e. The summed E-state index contributed by atoms with van der Waals surface area (Å²) in [4.78, 5) is 16.2. The molecule has 0 saturated carbocycles. The van der Waals surface area contributed by atoms with Crippen LogP contribution in [0.15, 0.2) is 79.0 Å². The molecule has 2 unspecified atom stereocenters. The number of hydrogen-bond donors (Lipinski definition) is 2. The predicted molar refractivity (Wildman–Crippen MR) is 119 cm³/mol. The standard InChI is InChI=1S/C25H21ClN2O2/c26-21-10-4-2-8-17(21)19(20-14-27-22-11-5-3-9-18(20)22)15-28-25(29)24-13-16-7-1-6-12-23(16)30-24/h1-12,14,19,24,27H,13,15H2,(H,28,29). The lowest BCUT2D eigenvalue weighted by Gasteiger charge is -2.20. The molecule has 4 aromatic rings. The number of nitrogens with one attached hydrogen (secondary N) is 2. The molecule has 0 saturated heterocycles. The molecule has 1 aliphatic rings. The zero-order valence-electron chi connectivity index (χ0n) is 16.3. The molecule has 3 aromatic carbocycles. The Hall–Kier alpha value is -3.24. The number of carbonyl (C=O) groups excluding carboxylic acids is 1. The molecule has 2 atom stereocenters. The molecule has 0 spiro atoms. The molecule has 1 amide bonds. The Balaban J connectivity index is 1.41. The van der Waals surface area contributed by atoms with Crippen molar-refractivity contribution in [3.63, 3.8) is 0 Å². The van der Waals surface area contributed by atoms with Crippen LogP contribution >= 0.6 is 11.6 Å². The Labute approximate surface area is 179 Å². The van der Waals surface area contributed by atoms with Crippen LogP contribution in [0.1, 0.15) is 22.6 Å². The van der Waals surface area contributed by atoms with Gasteiger partial charge in [0.2, 0.25) is 0 Å². The van der Waals surface area contributed by atoms with Crippen LogP contribution < -0.4 is 10.1 Å². The van der Waals surface area contributed by atoms with Crippen LogP contribution in [0, 0.1) is 0 Å². The minimum atomic E-state index is -0.503. The molecule has 0 radical (unpaired) electrons. The highest BCUT2D eigenvalue weighted by Gasteiger charge is 2.30. The van der Waals surface area contributed by atoms with Gasteiger partial charge in [-0.05, 0) is 34.9 Å². The maximum atomic E-state index is 12.9.